The maximum atomic E-state index is 10.7. The zero-order chi connectivity index (χ0) is 6.69. The fraction of sp³-hybridized carbons (Fsp3) is 0.667. The van der Waals surface area contributed by atoms with Crippen LogP contribution in [0.15, 0.2) is 0 Å². The van der Waals surface area contributed by atoms with E-state index in [1.54, 1.807) is 6.29 Å². The highest BCUT2D eigenvalue weighted by atomic mass is 16.2. The zero-order valence-electron chi connectivity index (χ0n) is 5.02. The summed E-state index contributed by atoms with van der Waals surface area (Å²) in [4.78, 5) is 20.6. The quantitative estimate of drug-likeness (QED) is 0.487. The third-order valence-electron chi connectivity index (χ3n) is 1.43. The number of carbonyl (C=O) groups excluding carboxylic acids is 2. The lowest BCUT2D eigenvalue weighted by atomic mass is 10.0. The van der Waals surface area contributed by atoms with Crippen molar-refractivity contribution < 1.29 is 9.59 Å². The molecule has 1 saturated heterocycles. The van der Waals surface area contributed by atoms with E-state index in [0.29, 0.717) is 13.0 Å². The molecule has 0 bridgehead atoms. The van der Waals surface area contributed by atoms with Crippen molar-refractivity contribution in [3.8, 4) is 0 Å². The van der Waals surface area contributed by atoms with E-state index < -0.39 is 5.92 Å². The second-order valence-corrected chi connectivity index (χ2v) is 2.10. The lowest BCUT2D eigenvalue weighted by molar-refractivity contribution is -0.124. The van der Waals surface area contributed by atoms with Crippen LogP contribution in [0.3, 0.4) is 0 Å². The summed E-state index contributed by atoms with van der Waals surface area (Å²) in [6.45, 7) is 0.705. The van der Waals surface area contributed by atoms with Gasteiger partial charge in [-0.1, -0.05) is 0 Å². The van der Waals surface area contributed by atoms with Crippen LogP contribution < -0.4 is 5.32 Å². The minimum atomic E-state index is -0.501. The molecule has 1 heterocycles. The highest BCUT2D eigenvalue weighted by Gasteiger charge is 2.21. The molecule has 49 valence electrons. The van der Waals surface area contributed by atoms with Crippen molar-refractivity contribution in [3.05, 3.63) is 0 Å². The van der Waals surface area contributed by atoms with Gasteiger partial charge in [0.25, 0.3) is 0 Å². The van der Waals surface area contributed by atoms with E-state index in [1.165, 1.54) is 0 Å². The van der Waals surface area contributed by atoms with Gasteiger partial charge in [0.15, 0.2) is 0 Å². The van der Waals surface area contributed by atoms with Crippen molar-refractivity contribution in [2.75, 3.05) is 6.54 Å². The van der Waals surface area contributed by atoms with E-state index in [2.05, 4.69) is 5.32 Å². The molecule has 1 aliphatic heterocycles. The first-order valence-electron chi connectivity index (χ1n) is 3.00. The van der Waals surface area contributed by atoms with Gasteiger partial charge in [-0.15, -0.1) is 0 Å². The molecule has 0 aromatic carbocycles. The Balaban J connectivity index is 2.48. The van der Waals surface area contributed by atoms with E-state index in [0.717, 1.165) is 6.42 Å². The summed E-state index contributed by atoms with van der Waals surface area (Å²) in [6, 6.07) is 0. The van der Waals surface area contributed by atoms with E-state index in [9.17, 15) is 9.59 Å². The Kier molecular flexibility index (Phi) is 1.82. The summed E-state index contributed by atoms with van der Waals surface area (Å²) >= 11 is 0. The van der Waals surface area contributed by atoms with Crippen LogP contribution in [-0.4, -0.2) is 18.7 Å². The Labute approximate surface area is 53.4 Å². The molecule has 1 amide bonds. The second kappa shape index (κ2) is 2.62. The SMILES string of the molecule is O=[C]C1CCCNC1=O. The van der Waals surface area contributed by atoms with Crippen LogP contribution in [0.2, 0.25) is 0 Å². The molecule has 3 nitrogen and oxygen atoms in total. The fourth-order valence-electron chi connectivity index (χ4n) is 0.885. The van der Waals surface area contributed by atoms with Crippen LogP contribution >= 0.6 is 0 Å². The number of carbonyl (C=O) groups is 1. The summed E-state index contributed by atoms with van der Waals surface area (Å²) in [6.07, 6.45) is 3.25. The highest BCUT2D eigenvalue weighted by Crippen LogP contribution is 2.07. The first-order valence-corrected chi connectivity index (χ1v) is 3.00. The molecular formula is C6H8NO2. The summed E-state index contributed by atoms with van der Waals surface area (Å²) in [5.74, 6) is -0.671. The number of amides is 1. The first kappa shape index (κ1) is 6.26. The monoisotopic (exact) mass is 126 g/mol. The fourth-order valence-corrected chi connectivity index (χ4v) is 0.885. The molecule has 0 saturated carbocycles. The van der Waals surface area contributed by atoms with Crippen molar-refractivity contribution >= 4 is 12.2 Å². The molecule has 1 atom stereocenters. The molecule has 0 aromatic heterocycles. The van der Waals surface area contributed by atoms with Crippen molar-refractivity contribution in [2.45, 2.75) is 12.8 Å². The van der Waals surface area contributed by atoms with E-state index >= 15 is 0 Å². The van der Waals surface area contributed by atoms with Crippen molar-refractivity contribution in [3.63, 3.8) is 0 Å². The van der Waals surface area contributed by atoms with Crippen molar-refractivity contribution in [1.82, 2.24) is 5.32 Å². The maximum absolute atomic E-state index is 10.7. The predicted molar refractivity (Wildman–Crippen MR) is 31.4 cm³/mol. The van der Waals surface area contributed by atoms with Crippen LogP contribution in [0.25, 0.3) is 0 Å². The third kappa shape index (κ3) is 1.28. The number of nitrogens with one attached hydrogen (secondary N) is 1. The Hall–Kier alpha value is -0.860. The summed E-state index contributed by atoms with van der Waals surface area (Å²) in [7, 11) is 0. The minimum Gasteiger partial charge on any atom is -0.355 e. The molecule has 1 rings (SSSR count). The molecule has 0 aromatic rings. The van der Waals surface area contributed by atoms with Crippen LogP contribution in [0.4, 0.5) is 0 Å². The maximum Gasteiger partial charge on any atom is 0.231 e. The van der Waals surface area contributed by atoms with Gasteiger partial charge in [0, 0.05) is 6.54 Å². The number of rotatable bonds is 1. The first-order chi connectivity index (χ1) is 4.34. The summed E-state index contributed by atoms with van der Waals surface area (Å²) in [5.41, 5.74) is 0. The van der Waals surface area contributed by atoms with Gasteiger partial charge >= 0.3 is 0 Å². The third-order valence-corrected chi connectivity index (χ3v) is 1.43. The largest absolute Gasteiger partial charge is 0.355 e. The van der Waals surface area contributed by atoms with Gasteiger partial charge in [-0.2, -0.15) is 0 Å². The Morgan fingerprint density at radius 2 is 2.44 bits per heavy atom. The van der Waals surface area contributed by atoms with Crippen LogP contribution in [0.5, 0.6) is 0 Å². The van der Waals surface area contributed by atoms with Gasteiger partial charge in [-0.05, 0) is 12.8 Å². The van der Waals surface area contributed by atoms with Gasteiger partial charge in [-0.25, -0.2) is 0 Å². The molecule has 0 spiro atoms. The van der Waals surface area contributed by atoms with Crippen LogP contribution in [0, 0.1) is 5.92 Å². The molecule has 3 heteroatoms. The number of hydrogen-bond donors (Lipinski definition) is 1. The standard InChI is InChI=1S/C6H8NO2/c8-4-5-2-1-3-7-6(5)9/h5H,1-3H2,(H,7,9). The highest BCUT2D eigenvalue weighted by molar-refractivity contribution is 5.92. The van der Waals surface area contributed by atoms with Crippen molar-refractivity contribution in [2.24, 2.45) is 5.92 Å². The Morgan fingerprint density at radius 3 is 2.89 bits per heavy atom. The van der Waals surface area contributed by atoms with Gasteiger partial charge < -0.3 is 5.32 Å². The summed E-state index contributed by atoms with van der Waals surface area (Å²) in [5, 5.41) is 2.58. The molecule has 1 fully saturated rings. The summed E-state index contributed by atoms with van der Waals surface area (Å²) < 4.78 is 0. The lowest BCUT2D eigenvalue weighted by Gasteiger charge is -2.15. The van der Waals surface area contributed by atoms with Gasteiger partial charge in [0.1, 0.15) is 5.92 Å². The van der Waals surface area contributed by atoms with Crippen LogP contribution in [0.1, 0.15) is 12.8 Å². The molecule has 1 radical (unpaired) electrons. The van der Waals surface area contributed by atoms with E-state index in [4.69, 9.17) is 0 Å². The van der Waals surface area contributed by atoms with E-state index in [-0.39, 0.29) is 5.91 Å². The normalized spacial score (nSPS) is 27.1. The topological polar surface area (TPSA) is 46.2 Å². The van der Waals surface area contributed by atoms with Crippen molar-refractivity contribution in [1.29, 1.82) is 0 Å². The van der Waals surface area contributed by atoms with Gasteiger partial charge in [0.2, 0.25) is 12.2 Å². The lowest BCUT2D eigenvalue weighted by Crippen LogP contribution is -2.36. The van der Waals surface area contributed by atoms with E-state index in [1.807, 2.05) is 0 Å². The number of piperidine rings is 1. The van der Waals surface area contributed by atoms with Crippen LogP contribution in [-0.2, 0) is 9.59 Å². The zero-order valence-corrected chi connectivity index (χ0v) is 5.02. The molecule has 0 aliphatic carbocycles. The molecule has 1 aliphatic rings. The smallest absolute Gasteiger partial charge is 0.231 e. The molecule has 9 heavy (non-hydrogen) atoms. The van der Waals surface area contributed by atoms with Gasteiger partial charge in [-0.3, -0.25) is 9.59 Å². The van der Waals surface area contributed by atoms with Gasteiger partial charge in [0.05, 0.1) is 0 Å². The average molecular weight is 126 g/mol. The Bertz CT molecular complexity index is 133. The second-order valence-electron chi connectivity index (χ2n) is 2.10. The predicted octanol–water partition coefficient (Wildman–Crippen LogP) is -0.378. The average Bonchev–Trinajstić information content (AvgIpc) is 1.89. The minimum absolute atomic E-state index is 0.170. The molecule has 1 unspecified atom stereocenters. The molecular weight excluding hydrogens is 118 g/mol. The Morgan fingerprint density at radius 1 is 1.67 bits per heavy atom. The number of hydrogen-bond acceptors (Lipinski definition) is 2. The molecule has 1 N–H and O–H groups in total.